The highest BCUT2D eigenvalue weighted by Crippen LogP contribution is 2.37. The van der Waals surface area contributed by atoms with Gasteiger partial charge in [-0.2, -0.15) is 4.31 Å². The standard InChI is InChI=1S/C19H22N6O2S/c1-13-20-18(12-23(13)2)28(26,27)25-15-8-9-16(25)11-24-17(10-15)21-22-19(24)14-6-4-3-5-7-14/h3-7,12,15-16H,8-11H2,1-2H3. The van der Waals surface area contributed by atoms with Crippen molar-refractivity contribution < 1.29 is 8.42 Å². The SMILES string of the molecule is Cc1nc(S(=O)(=O)N2C3CCC2Cn2c(nnc2-c2ccccc2)C3)cn1C. The van der Waals surface area contributed by atoms with Crippen LogP contribution in [0.2, 0.25) is 0 Å². The van der Waals surface area contributed by atoms with Crippen LogP contribution in [0, 0.1) is 6.92 Å². The van der Waals surface area contributed by atoms with E-state index in [1.807, 2.05) is 44.3 Å². The average Bonchev–Trinajstić information content (AvgIpc) is 3.32. The van der Waals surface area contributed by atoms with Crippen LogP contribution in [0.25, 0.3) is 11.4 Å². The van der Waals surface area contributed by atoms with Crippen molar-refractivity contribution in [3.63, 3.8) is 0 Å². The Hall–Kier alpha value is -2.52. The van der Waals surface area contributed by atoms with E-state index in [0.29, 0.717) is 18.8 Å². The van der Waals surface area contributed by atoms with Gasteiger partial charge in [-0.1, -0.05) is 30.3 Å². The number of nitrogens with zero attached hydrogens (tertiary/aromatic N) is 6. The van der Waals surface area contributed by atoms with Gasteiger partial charge in [-0.3, -0.25) is 0 Å². The zero-order chi connectivity index (χ0) is 19.5. The Balaban J connectivity index is 1.54. The number of imidazole rings is 1. The van der Waals surface area contributed by atoms with Crippen LogP contribution in [-0.4, -0.2) is 49.1 Å². The third kappa shape index (κ3) is 2.61. The molecule has 1 fully saturated rings. The molecule has 2 aromatic heterocycles. The van der Waals surface area contributed by atoms with Crippen LogP contribution in [0.3, 0.4) is 0 Å². The molecule has 0 radical (unpaired) electrons. The summed E-state index contributed by atoms with van der Waals surface area (Å²) < 4.78 is 32.3. The first-order valence-corrected chi connectivity index (χ1v) is 10.9. The molecule has 5 rings (SSSR count). The third-order valence-electron chi connectivity index (χ3n) is 5.85. The summed E-state index contributed by atoms with van der Waals surface area (Å²) in [5.74, 6) is 2.34. The zero-order valence-electron chi connectivity index (χ0n) is 15.9. The Morgan fingerprint density at radius 2 is 1.82 bits per heavy atom. The largest absolute Gasteiger partial charge is 0.337 e. The second-order valence-corrected chi connectivity index (χ2v) is 9.37. The van der Waals surface area contributed by atoms with Gasteiger partial charge in [-0.05, 0) is 19.8 Å². The fourth-order valence-electron chi connectivity index (χ4n) is 4.35. The van der Waals surface area contributed by atoms with Gasteiger partial charge in [0.25, 0.3) is 10.0 Å². The second kappa shape index (κ2) is 6.25. The predicted molar refractivity (Wildman–Crippen MR) is 103 cm³/mol. The van der Waals surface area contributed by atoms with E-state index >= 15 is 0 Å². The Kier molecular flexibility index (Phi) is 3.92. The van der Waals surface area contributed by atoms with Crippen molar-refractivity contribution >= 4 is 10.0 Å². The van der Waals surface area contributed by atoms with E-state index in [0.717, 1.165) is 30.1 Å². The fourth-order valence-corrected chi connectivity index (χ4v) is 6.24. The lowest BCUT2D eigenvalue weighted by molar-refractivity contribution is 0.315. The minimum absolute atomic E-state index is 0.105. The summed E-state index contributed by atoms with van der Waals surface area (Å²) in [4.78, 5) is 4.28. The van der Waals surface area contributed by atoms with Gasteiger partial charge >= 0.3 is 0 Å². The number of fused-ring (bicyclic) bond motifs is 3. The van der Waals surface area contributed by atoms with Crippen molar-refractivity contribution in [3.05, 3.63) is 48.2 Å². The van der Waals surface area contributed by atoms with E-state index in [-0.39, 0.29) is 17.1 Å². The molecule has 9 heteroatoms. The monoisotopic (exact) mass is 398 g/mol. The maximum Gasteiger partial charge on any atom is 0.262 e. The molecule has 0 amide bonds. The number of hydrogen-bond acceptors (Lipinski definition) is 5. The zero-order valence-corrected chi connectivity index (χ0v) is 16.7. The minimum atomic E-state index is -3.66. The highest BCUT2D eigenvalue weighted by atomic mass is 32.2. The first-order chi connectivity index (χ1) is 13.4. The molecule has 0 spiro atoms. The summed E-state index contributed by atoms with van der Waals surface area (Å²) in [5, 5.41) is 8.92. The first-order valence-electron chi connectivity index (χ1n) is 9.46. The predicted octanol–water partition coefficient (Wildman–Crippen LogP) is 1.77. The van der Waals surface area contributed by atoms with Gasteiger partial charge in [0, 0.05) is 43.9 Å². The quantitative estimate of drug-likeness (QED) is 0.671. The number of rotatable bonds is 3. The molecule has 1 saturated heterocycles. The molecule has 2 aliphatic heterocycles. The van der Waals surface area contributed by atoms with Crippen LogP contribution in [0.5, 0.6) is 0 Å². The average molecular weight is 398 g/mol. The Labute approximate surface area is 163 Å². The maximum atomic E-state index is 13.4. The second-order valence-electron chi connectivity index (χ2n) is 7.58. The molecule has 28 heavy (non-hydrogen) atoms. The number of hydrogen-bond donors (Lipinski definition) is 0. The van der Waals surface area contributed by atoms with Crippen molar-refractivity contribution in [1.82, 2.24) is 28.6 Å². The van der Waals surface area contributed by atoms with Gasteiger partial charge in [0.2, 0.25) is 0 Å². The lowest BCUT2D eigenvalue weighted by Gasteiger charge is -2.26. The summed E-state index contributed by atoms with van der Waals surface area (Å²) in [7, 11) is -1.84. The molecule has 2 aliphatic rings. The molecule has 3 aromatic rings. The molecule has 8 nitrogen and oxygen atoms in total. The van der Waals surface area contributed by atoms with E-state index in [2.05, 4.69) is 19.7 Å². The third-order valence-corrected chi connectivity index (χ3v) is 7.73. The highest BCUT2D eigenvalue weighted by Gasteiger charge is 2.46. The number of sulfonamides is 1. The van der Waals surface area contributed by atoms with Crippen molar-refractivity contribution in [1.29, 1.82) is 0 Å². The molecule has 0 N–H and O–H groups in total. The first kappa shape index (κ1) is 17.6. The van der Waals surface area contributed by atoms with Gasteiger partial charge in [0.15, 0.2) is 10.9 Å². The lowest BCUT2D eigenvalue weighted by Crippen LogP contribution is -2.42. The number of aryl methyl sites for hydroxylation is 2. The van der Waals surface area contributed by atoms with Gasteiger partial charge in [0.1, 0.15) is 11.6 Å². The Bertz CT molecular complexity index is 1120. The Morgan fingerprint density at radius 3 is 2.54 bits per heavy atom. The van der Waals surface area contributed by atoms with Gasteiger partial charge in [0.05, 0.1) is 0 Å². The molecule has 2 atom stereocenters. The summed E-state index contributed by atoms with van der Waals surface area (Å²) in [5.41, 5.74) is 0.994. The van der Waals surface area contributed by atoms with E-state index in [1.54, 1.807) is 15.1 Å². The van der Waals surface area contributed by atoms with Crippen LogP contribution >= 0.6 is 0 Å². The van der Waals surface area contributed by atoms with E-state index in [9.17, 15) is 8.42 Å². The number of aromatic nitrogens is 5. The van der Waals surface area contributed by atoms with Crippen molar-refractivity contribution in [2.24, 2.45) is 7.05 Å². The van der Waals surface area contributed by atoms with Crippen LogP contribution in [0.4, 0.5) is 0 Å². The molecular weight excluding hydrogens is 376 g/mol. The summed E-state index contributed by atoms with van der Waals surface area (Å²) in [6.07, 6.45) is 3.84. The normalized spacial score (nSPS) is 22.2. The van der Waals surface area contributed by atoms with Crippen molar-refractivity contribution in [2.75, 3.05) is 0 Å². The molecule has 4 heterocycles. The molecule has 146 valence electrons. The summed E-state index contributed by atoms with van der Waals surface area (Å²) in [6, 6.07) is 9.70. The summed E-state index contributed by atoms with van der Waals surface area (Å²) >= 11 is 0. The van der Waals surface area contributed by atoms with Crippen LogP contribution in [0.15, 0.2) is 41.6 Å². The minimum Gasteiger partial charge on any atom is -0.337 e. The van der Waals surface area contributed by atoms with E-state index < -0.39 is 10.0 Å². The smallest absolute Gasteiger partial charge is 0.262 e. The molecule has 2 unspecified atom stereocenters. The lowest BCUT2D eigenvalue weighted by atomic mass is 10.1. The maximum absolute atomic E-state index is 13.4. The van der Waals surface area contributed by atoms with Gasteiger partial charge in [-0.15, -0.1) is 10.2 Å². The van der Waals surface area contributed by atoms with Gasteiger partial charge in [-0.25, -0.2) is 13.4 Å². The van der Waals surface area contributed by atoms with Crippen molar-refractivity contribution in [2.45, 2.75) is 49.8 Å². The van der Waals surface area contributed by atoms with Gasteiger partial charge < -0.3 is 9.13 Å². The van der Waals surface area contributed by atoms with Crippen molar-refractivity contribution in [3.8, 4) is 11.4 Å². The van der Waals surface area contributed by atoms with Crippen LogP contribution in [-0.2, 0) is 30.0 Å². The van der Waals surface area contributed by atoms with E-state index in [4.69, 9.17) is 0 Å². The van der Waals surface area contributed by atoms with E-state index in [1.165, 1.54) is 0 Å². The summed E-state index contributed by atoms with van der Waals surface area (Å²) in [6.45, 7) is 2.37. The molecular formula is C19H22N6O2S. The topological polar surface area (TPSA) is 85.9 Å². The molecule has 2 bridgehead atoms. The fraction of sp³-hybridized carbons (Fsp3) is 0.421. The molecule has 0 saturated carbocycles. The van der Waals surface area contributed by atoms with Crippen LogP contribution < -0.4 is 0 Å². The number of benzene rings is 1. The molecule has 0 aliphatic carbocycles. The molecule has 1 aromatic carbocycles. The Morgan fingerprint density at radius 1 is 1.07 bits per heavy atom. The van der Waals surface area contributed by atoms with Crippen LogP contribution in [0.1, 0.15) is 24.5 Å². The highest BCUT2D eigenvalue weighted by molar-refractivity contribution is 7.89.